The van der Waals surface area contributed by atoms with Crippen LogP contribution >= 0.6 is 15.9 Å². The Bertz CT molecular complexity index is 1170. The Labute approximate surface area is 189 Å². The number of aryl methyl sites for hydroxylation is 1. The number of ether oxygens (including phenoxy) is 2. The first kappa shape index (κ1) is 23.5. The lowest BCUT2D eigenvalue weighted by Gasteiger charge is -2.13. The number of allylic oxidation sites excluding steroid dienone is 1. The molecule has 1 aromatic heterocycles. The summed E-state index contributed by atoms with van der Waals surface area (Å²) in [6.45, 7) is 1.92. The number of nitrogens with zero attached hydrogens (tertiary/aromatic N) is 2. The second kappa shape index (κ2) is 9.99. The Hall–Kier alpha value is -3.14. The van der Waals surface area contributed by atoms with Crippen LogP contribution in [-0.4, -0.2) is 22.7 Å². The summed E-state index contributed by atoms with van der Waals surface area (Å²) in [6.07, 6.45) is 4.41. The maximum Gasteiger partial charge on any atom is 0.205 e. The Morgan fingerprint density at radius 1 is 1.16 bits per heavy atom. The van der Waals surface area contributed by atoms with Gasteiger partial charge in [-0.15, -0.1) is 0 Å². The van der Waals surface area contributed by atoms with Gasteiger partial charge < -0.3 is 9.47 Å². The van der Waals surface area contributed by atoms with Gasteiger partial charge in [0.25, 0.3) is 0 Å². The molecule has 32 heavy (non-hydrogen) atoms. The van der Waals surface area contributed by atoms with Crippen LogP contribution in [0, 0.1) is 23.3 Å². The Balaban J connectivity index is 1.84. The van der Waals surface area contributed by atoms with Crippen molar-refractivity contribution in [2.24, 2.45) is 0 Å². The number of hydrogen-bond donors (Lipinski definition) is 0. The van der Waals surface area contributed by atoms with Crippen molar-refractivity contribution >= 4 is 27.8 Å². The number of hydrogen-bond acceptors (Lipinski definition) is 4. The molecule has 0 amide bonds. The first-order valence-corrected chi connectivity index (χ1v) is 10.1. The fraction of sp³-hybridized carbons (Fsp3) is 0.182. The smallest absolute Gasteiger partial charge is 0.205 e. The fourth-order valence-electron chi connectivity index (χ4n) is 2.94. The molecule has 0 radical (unpaired) electrons. The minimum absolute atomic E-state index is 0.101. The van der Waals surface area contributed by atoms with Crippen LogP contribution in [-0.2, 0) is 13.2 Å². The Morgan fingerprint density at radius 3 is 2.47 bits per heavy atom. The van der Waals surface area contributed by atoms with E-state index < -0.39 is 35.6 Å². The lowest BCUT2D eigenvalue weighted by molar-refractivity contribution is 0.103. The van der Waals surface area contributed by atoms with E-state index in [2.05, 4.69) is 21.0 Å². The van der Waals surface area contributed by atoms with E-state index >= 15 is 0 Å². The maximum absolute atomic E-state index is 13.8. The highest BCUT2D eigenvalue weighted by Gasteiger charge is 2.21. The Kier molecular flexibility index (Phi) is 7.34. The van der Waals surface area contributed by atoms with Crippen molar-refractivity contribution in [1.82, 2.24) is 9.78 Å². The molecule has 3 rings (SSSR count). The molecule has 0 atom stereocenters. The van der Waals surface area contributed by atoms with E-state index in [1.165, 1.54) is 25.5 Å². The molecule has 0 saturated carbocycles. The second-order valence-electron chi connectivity index (χ2n) is 6.51. The lowest BCUT2D eigenvalue weighted by atomic mass is 10.1. The van der Waals surface area contributed by atoms with Crippen molar-refractivity contribution in [3.05, 3.63) is 81.1 Å². The molecule has 0 N–H and O–H groups in total. The third-order valence-corrected chi connectivity index (χ3v) is 5.08. The van der Waals surface area contributed by atoms with Crippen molar-refractivity contribution in [3.8, 4) is 11.5 Å². The standard InChI is InChI=1S/C22H17BrF4N2O3/c1-3-29-21(14(23)10-28-29)17(30)6-4-12-5-7-18(31-2)13(8-12)11-32-22-19(26)15(24)9-16(25)20(22)27/h4-10H,3,11H2,1-2H3/b6-4+. The largest absolute Gasteiger partial charge is 0.496 e. The number of benzene rings is 2. The van der Waals surface area contributed by atoms with Crippen LogP contribution in [0.4, 0.5) is 17.6 Å². The molecular formula is C22H17BrF4N2O3. The van der Waals surface area contributed by atoms with Crippen LogP contribution in [0.3, 0.4) is 0 Å². The number of carbonyl (C=O) groups excluding carboxylic acids is 1. The molecule has 1 heterocycles. The van der Waals surface area contributed by atoms with Gasteiger partial charge in [0, 0.05) is 18.2 Å². The zero-order valence-electron chi connectivity index (χ0n) is 17.0. The molecule has 10 heteroatoms. The summed E-state index contributed by atoms with van der Waals surface area (Å²) in [5.74, 6) is -7.55. The summed E-state index contributed by atoms with van der Waals surface area (Å²) >= 11 is 3.29. The van der Waals surface area contributed by atoms with E-state index in [0.717, 1.165) is 0 Å². The van der Waals surface area contributed by atoms with Crippen molar-refractivity contribution in [2.75, 3.05) is 7.11 Å². The molecule has 168 valence electrons. The molecule has 0 aliphatic rings. The van der Waals surface area contributed by atoms with Crippen molar-refractivity contribution in [3.63, 3.8) is 0 Å². The summed E-state index contributed by atoms with van der Waals surface area (Å²) < 4.78 is 66.8. The number of ketones is 1. The van der Waals surface area contributed by atoms with Gasteiger partial charge in [-0.3, -0.25) is 9.48 Å². The van der Waals surface area contributed by atoms with Gasteiger partial charge in [-0.25, -0.2) is 8.78 Å². The molecule has 0 aliphatic heterocycles. The van der Waals surface area contributed by atoms with Crippen molar-refractivity contribution in [1.29, 1.82) is 0 Å². The monoisotopic (exact) mass is 512 g/mol. The van der Waals surface area contributed by atoms with Gasteiger partial charge in [0.15, 0.2) is 17.4 Å². The van der Waals surface area contributed by atoms with Gasteiger partial charge >= 0.3 is 0 Å². The van der Waals surface area contributed by atoms with Gasteiger partial charge in [-0.2, -0.15) is 13.9 Å². The molecule has 5 nitrogen and oxygen atoms in total. The molecule has 3 aromatic rings. The summed E-state index contributed by atoms with van der Waals surface area (Å²) in [5.41, 5.74) is 1.29. The minimum atomic E-state index is -1.64. The van der Waals surface area contributed by atoms with Crippen LogP contribution in [0.25, 0.3) is 6.08 Å². The van der Waals surface area contributed by atoms with Gasteiger partial charge in [-0.1, -0.05) is 12.1 Å². The highest BCUT2D eigenvalue weighted by atomic mass is 79.9. The number of halogens is 5. The van der Waals surface area contributed by atoms with E-state index in [4.69, 9.17) is 9.47 Å². The highest BCUT2D eigenvalue weighted by molar-refractivity contribution is 9.10. The quantitative estimate of drug-likeness (QED) is 0.168. The average molecular weight is 513 g/mol. The third kappa shape index (κ3) is 4.85. The zero-order chi connectivity index (χ0) is 23.4. The zero-order valence-corrected chi connectivity index (χ0v) is 18.6. The van der Waals surface area contributed by atoms with Crippen molar-refractivity contribution < 1.29 is 31.8 Å². The molecule has 0 saturated heterocycles. The van der Waals surface area contributed by atoms with Crippen LogP contribution < -0.4 is 9.47 Å². The van der Waals surface area contributed by atoms with Gasteiger partial charge in [0.1, 0.15) is 18.1 Å². The van der Waals surface area contributed by atoms with E-state index in [0.29, 0.717) is 33.6 Å². The number of methoxy groups -OCH3 is 1. The predicted octanol–water partition coefficient (Wildman–Crippen LogP) is 5.71. The molecule has 0 unspecified atom stereocenters. The minimum Gasteiger partial charge on any atom is -0.496 e. The molecule has 2 aromatic carbocycles. The maximum atomic E-state index is 13.8. The van der Waals surface area contributed by atoms with Gasteiger partial charge in [0.2, 0.25) is 17.4 Å². The predicted molar refractivity (Wildman–Crippen MR) is 113 cm³/mol. The van der Waals surface area contributed by atoms with E-state index in [-0.39, 0.29) is 11.8 Å². The first-order valence-electron chi connectivity index (χ1n) is 9.33. The Morgan fingerprint density at radius 2 is 1.84 bits per heavy atom. The van der Waals surface area contributed by atoms with Gasteiger partial charge in [-0.05, 0) is 46.6 Å². The number of aromatic nitrogens is 2. The first-order chi connectivity index (χ1) is 15.3. The number of carbonyl (C=O) groups is 1. The van der Waals surface area contributed by atoms with Gasteiger partial charge in [0.05, 0.1) is 17.8 Å². The average Bonchev–Trinajstić information content (AvgIpc) is 3.16. The van der Waals surface area contributed by atoms with E-state index in [1.54, 1.807) is 22.9 Å². The molecule has 0 spiro atoms. The van der Waals surface area contributed by atoms with E-state index in [1.807, 2.05) is 6.92 Å². The molecule has 0 bridgehead atoms. The number of rotatable bonds is 8. The summed E-state index contributed by atoms with van der Waals surface area (Å²) in [5, 5.41) is 4.09. The molecular weight excluding hydrogens is 496 g/mol. The third-order valence-electron chi connectivity index (χ3n) is 4.50. The molecule has 0 aliphatic carbocycles. The van der Waals surface area contributed by atoms with Crippen LogP contribution in [0.1, 0.15) is 28.5 Å². The summed E-state index contributed by atoms with van der Waals surface area (Å²) in [4.78, 5) is 12.6. The van der Waals surface area contributed by atoms with Crippen molar-refractivity contribution in [2.45, 2.75) is 20.1 Å². The SMILES string of the molecule is CCn1ncc(Br)c1C(=O)/C=C/c1ccc(OC)c(COc2c(F)c(F)cc(F)c2F)c1. The molecule has 0 fully saturated rings. The normalized spacial score (nSPS) is 11.2. The summed E-state index contributed by atoms with van der Waals surface area (Å²) in [6, 6.07) is 4.87. The lowest BCUT2D eigenvalue weighted by Crippen LogP contribution is -2.08. The topological polar surface area (TPSA) is 53.4 Å². The van der Waals surface area contributed by atoms with Crippen LogP contribution in [0.2, 0.25) is 0 Å². The highest BCUT2D eigenvalue weighted by Crippen LogP contribution is 2.29. The van der Waals surface area contributed by atoms with E-state index in [9.17, 15) is 22.4 Å². The summed E-state index contributed by atoms with van der Waals surface area (Å²) in [7, 11) is 1.38. The second-order valence-corrected chi connectivity index (χ2v) is 7.37. The van der Waals surface area contributed by atoms with Crippen LogP contribution in [0.15, 0.2) is 41.0 Å². The van der Waals surface area contributed by atoms with Crippen LogP contribution in [0.5, 0.6) is 11.5 Å². The fourth-order valence-corrected chi connectivity index (χ4v) is 3.43.